The number of aromatic carboxylic acids is 1. The van der Waals surface area contributed by atoms with Crippen molar-refractivity contribution in [3.8, 4) is 0 Å². The number of benzene rings is 1. The highest BCUT2D eigenvalue weighted by Crippen LogP contribution is 2.17. The maximum Gasteiger partial charge on any atom is 0.338 e. The lowest BCUT2D eigenvalue weighted by Gasteiger charge is -2.06. The van der Waals surface area contributed by atoms with Gasteiger partial charge in [-0.3, -0.25) is 0 Å². The SMILES string of the molecule is Nc1cccc(CCBr)c1C(=O)O. The van der Waals surface area contributed by atoms with Crippen molar-refractivity contribution in [1.82, 2.24) is 0 Å². The van der Waals surface area contributed by atoms with Crippen molar-refractivity contribution >= 4 is 27.6 Å². The first-order chi connectivity index (χ1) is 6.16. The van der Waals surface area contributed by atoms with Gasteiger partial charge in [-0.25, -0.2) is 4.79 Å². The zero-order valence-corrected chi connectivity index (χ0v) is 8.54. The molecule has 4 heteroatoms. The minimum absolute atomic E-state index is 0.224. The predicted octanol–water partition coefficient (Wildman–Crippen LogP) is 1.90. The normalized spacial score (nSPS) is 9.92. The molecule has 0 spiro atoms. The number of carboxylic acid groups (broad SMARTS) is 1. The summed E-state index contributed by atoms with van der Waals surface area (Å²) < 4.78 is 0. The number of nitrogens with two attached hydrogens (primary N) is 1. The molecule has 1 aromatic rings. The molecule has 0 saturated carbocycles. The van der Waals surface area contributed by atoms with Gasteiger partial charge in [0, 0.05) is 11.0 Å². The van der Waals surface area contributed by atoms with Gasteiger partial charge in [-0.05, 0) is 18.1 Å². The summed E-state index contributed by atoms with van der Waals surface area (Å²) >= 11 is 3.26. The van der Waals surface area contributed by atoms with E-state index in [1.807, 2.05) is 0 Å². The molecule has 13 heavy (non-hydrogen) atoms. The Labute approximate surface area is 84.7 Å². The quantitative estimate of drug-likeness (QED) is 0.630. The monoisotopic (exact) mass is 243 g/mol. The molecule has 0 aliphatic carbocycles. The lowest BCUT2D eigenvalue weighted by Crippen LogP contribution is -2.07. The number of hydrogen-bond acceptors (Lipinski definition) is 2. The average Bonchev–Trinajstić information content (AvgIpc) is 2.04. The Balaban J connectivity index is 3.17. The van der Waals surface area contributed by atoms with Crippen molar-refractivity contribution in [2.45, 2.75) is 6.42 Å². The molecule has 0 fully saturated rings. The number of carbonyl (C=O) groups is 1. The van der Waals surface area contributed by atoms with Crippen LogP contribution in [0.1, 0.15) is 15.9 Å². The molecule has 0 atom stereocenters. The van der Waals surface area contributed by atoms with Crippen LogP contribution in [-0.4, -0.2) is 16.4 Å². The van der Waals surface area contributed by atoms with Crippen LogP contribution >= 0.6 is 15.9 Å². The number of aryl methyl sites for hydroxylation is 1. The molecule has 0 radical (unpaired) electrons. The fourth-order valence-corrected chi connectivity index (χ4v) is 1.62. The Bertz CT molecular complexity index is 325. The van der Waals surface area contributed by atoms with Gasteiger partial charge in [0.2, 0.25) is 0 Å². The Kier molecular flexibility index (Phi) is 3.31. The second-order valence-corrected chi connectivity index (χ2v) is 3.42. The number of halogens is 1. The molecular formula is C9H10BrNO2. The van der Waals surface area contributed by atoms with E-state index in [1.165, 1.54) is 0 Å². The maximum atomic E-state index is 10.8. The van der Waals surface area contributed by atoms with Crippen LogP contribution in [0.4, 0.5) is 5.69 Å². The van der Waals surface area contributed by atoms with Crippen LogP contribution in [0.25, 0.3) is 0 Å². The zero-order chi connectivity index (χ0) is 9.84. The standard InChI is InChI=1S/C9H10BrNO2/c10-5-4-6-2-1-3-7(11)8(6)9(12)13/h1-3H,4-5,11H2,(H,12,13). The Hall–Kier alpha value is -1.03. The summed E-state index contributed by atoms with van der Waals surface area (Å²) in [5.41, 5.74) is 6.87. The van der Waals surface area contributed by atoms with Crippen LogP contribution in [-0.2, 0) is 6.42 Å². The van der Waals surface area contributed by atoms with Gasteiger partial charge >= 0.3 is 5.97 Å². The maximum absolute atomic E-state index is 10.8. The second kappa shape index (κ2) is 4.28. The van der Waals surface area contributed by atoms with Crippen LogP contribution in [0.15, 0.2) is 18.2 Å². The summed E-state index contributed by atoms with van der Waals surface area (Å²) in [6.07, 6.45) is 0.673. The molecule has 3 N–H and O–H groups in total. The third-order valence-corrected chi connectivity index (χ3v) is 2.16. The van der Waals surface area contributed by atoms with Gasteiger partial charge in [0.25, 0.3) is 0 Å². The van der Waals surface area contributed by atoms with Crippen LogP contribution in [0, 0.1) is 0 Å². The van der Waals surface area contributed by atoms with Crippen LogP contribution in [0.5, 0.6) is 0 Å². The summed E-state index contributed by atoms with van der Waals surface area (Å²) in [7, 11) is 0. The van der Waals surface area contributed by atoms with E-state index in [0.717, 1.165) is 10.9 Å². The molecular weight excluding hydrogens is 234 g/mol. The van der Waals surface area contributed by atoms with Crippen molar-refractivity contribution in [1.29, 1.82) is 0 Å². The number of anilines is 1. The van der Waals surface area contributed by atoms with Gasteiger partial charge in [-0.2, -0.15) is 0 Å². The van der Waals surface area contributed by atoms with Gasteiger partial charge in [0.1, 0.15) is 0 Å². The number of rotatable bonds is 3. The van der Waals surface area contributed by atoms with Gasteiger partial charge in [-0.1, -0.05) is 28.1 Å². The lowest BCUT2D eigenvalue weighted by molar-refractivity contribution is 0.0697. The largest absolute Gasteiger partial charge is 0.478 e. The Morgan fingerprint density at radius 2 is 2.23 bits per heavy atom. The molecule has 0 amide bonds. The number of nitrogen functional groups attached to an aromatic ring is 1. The van der Waals surface area contributed by atoms with Crippen molar-refractivity contribution in [2.75, 3.05) is 11.1 Å². The fourth-order valence-electron chi connectivity index (χ4n) is 1.19. The van der Waals surface area contributed by atoms with Crippen LogP contribution in [0.2, 0.25) is 0 Å². The number of carboxylic acids is 1. The van der Waals surface area contributed by atoms with Crippen molar-refractivity contribution in [2.24, 2.45) is 0 Å². The molecule has 0 aliphatic heterocycles. The lowest BCUT2D eigenvalue weighted by atomic mass is 10.0. The molecule has 0 unspecified atom stereocenters. The van der Waals surface area contributed by atoms with E-state index < -0.39 is 5.97 Å². The average molecular weight is 244 g/mol. The van der Waals surface area contributed by atoms with E-state index in [1.54, 1.807) is 18.2 Å². The highest BCUT2D eigenvalue weighted by molar-refractivity contribution is 9.09. The fraction of sp³-hybridized carbons (Fsp3) is 0.222. The highest BCUT2D eigenvalue weighted by Gasteiger charge is 2.12. The van der Waals surface area contributed by atoms with Gasteiger partial charge in [0.15, 0.2) is 0 Å². The van der Waals surface area contributed by atoms with Crippen molar-refractivity contribution in [3.63, 3.8) is 0 Å². The molecule has 3 nitrogen and oxygen atoms in total. The minimum atomic E-state index is -0.964. The molecule has 0 saturated heterocycles. The molecule has 70 valence electrons. The second-order valence-electron chi connectivity index (χ2n) is 2.63. The van der Waals surface area contributed by atoms with Crippen molar-refractivity contribution < 1.29 is 9.90 Å². The van der Waals surface area contributed by atoms with Crippen LogP contribution < -0.4 is 5.73 Å². The molecule has 0 heterocycles. The van der Waals surface area contributed by atoms with E-state index in [4.69, 9.17) is 10.8 Å². The molecule has 1 aromatic carbocycles. The number of hydrogen-bond donors (Lipinski definition) is 2. The van der Waals surface area contributed by atoms with E-state index in [0.29, 0.717) is 12.1 Å². The van der Waals surface area contributed by atoms with Gasteiger partial charge in [0.05, 0.1) is 5.56 Å². The van der Waals surface area contributed by atoms with Crippen molar-refractivity contribution in [3.05, 3.63) is 29.3 Å². The third kappa shape index (κ3) is 2.21. The van der Waals surface area contributed by atoms with E-state index in [2.05, 4.69) is 15.9 Å². The summed E-state index contributed by atoms with van der Waals surface area (Å²) in [5, 5.41) is 9.61. The van der Waals surface area contributed by atoms with Gasteiger partial charge < -0.3 is 10.8 Å². The van der Waals surface area contributed by atoms with E-state index in [-0.39, 0.29) is 5.56 Å². The summed E-state index contributed by atoms with van der Waals surface area (Å²) in [4.78, 5) is 10.8. The Morgan fingerprint density at radius 3 is 2.77 bits per heavy atom. The smallest absolute Gasteiger partial charge is 0.338 e. The first-order valence-electron chi connectivity index (χ1n) is 3.83. The summed E-state index contributed by atoms with van der Waals surface area (Å²) in [6, 6.07) is 5.14. The van der Waals surface area contributed by atoms with Crippen LogP contribution in [0.3, 0.4) is 0 Å². The molecule has 0 aromatic heterocycles. The first kappa shape index (κ1) is 10.1. The topological polar surface area (TPSA) is 63.3 Å². The first-order valence-corrected chi connectivity index (χ1v) is 4.95. The molecule has 1 rings (SSSR count). The minimum Gasteiger partial charge on any atom is -0.478 e. The summed E-state index contributed by atoms with van der Waals surface area (Å²) in [5.74, 6) is -0.964. The third-order valence-electron chi connectivity index (χ3n) is 1.76. The van der Waals surface area contributed by atoms with E-state index >= 15 is 0 Å². The Morgan fingerprint density at radius 1 is 1.54 bits per heavy atom. The molecule has 0 bridgehead atoms. The zero-order valence-electron chi connectivity index (χ0n) is 6.96. The number of alkyl halides is 1. The summed E-state index contributed by atoms with van der Waals surface area (Å²) in [6.45, 7) is 0. The van der Waals surface area contributed by atoms with Gasteiger partial charge in [-0.15, -0.1) is 0 Å². The van der Waals surface area contributed by atoms with E-state index in [9.17, 15) is 4.79 Å². The highest BCUT2D eigenvalue weighted by atomic mass is 79.9. The predicted molar refractivity (Wildman–Crippen MR) is 55.3 cm³/mol. The molecule has 0 aliphatic rings.